The molecule has 0 aliphatic heterocycles. The van der Waals surface area contributed by atoms with Gasteiger partial charge in [0.05, 0.1) is 36.0 Å². The third-order valence-corrected chi connectivity index (χ3v) is 6.68. The van der Waals surface area contributed by atoms with Gasteiger partial charge in [-0.25, -0.2) is 9.97 Å². The van der Waals surface area contributed by atoms with Crippen LogP contribution in [0.1, 0.15) is 61.3 Å². The lowest BCUT2D eigenvalue weighted by molar-refractivity contribution is 0.135. The Balaban J connectivity index is 1.45. The van der Waals surface area contributed by atoms with Crippen molar-refractivity contribution in [2.75, 3.05) is 0 Å². The lowest BCUT2D eigenvalue weighted by Crippen LogP contribution is -2.25. The van der Waals surface area contributed by atoms with Crippen molar-refractivity contribution in [3.05, 3.63) is 59.7 Å². The molecule has 33 heavy (non-hydrogen) atoms. The number of H-pyrrole nitrogens is 1. The van der Waals surface area contributed by atoms with Gasteiger partial charge in [0.25, 0.3) is 0 Å². The van der Waals surface area contributed by atoms with E-state index in [1.54, 1.807) is 30.5 Å². The Morgan fingerprint density at radius 1 is 1.15 bits per heavy atom. The van der Waals surface area contributed by atoms with Crippen LogP contribution >= 0.6 is 0 Å². The zero-order valence-electron chi connectivity index (χ0n) is 18.2. The maximum absolute atomic E-state index is 10.7. The number of aromatic nitrogens is 4. The van der Waals surface area contributed by atoms with Crippen LogP contribution in [0.5, 0.6) is 0 Å². The monoisotopic (exact) mass is 439 g/mol. The molecule has 3 aromatic heterocycles. The maximum Gasteiger partial charge on any atom is 0.139 e. The molecule has 0 spiro atoms. The molecule has 1 unspecified atom stereocenters. The average Bonchev–Trinajstić information content (AvgIpc) is 3.47. The van der Waals surface area contributed by atoms with Crippen molar-refractivity contribution in [1.82, 2.24) is 24.8 Å². The van der Waals surface area contributed by atoms with Gasteiger partial charge in [-0.2, -0.15) is 10.5 Å². The summed E-state index contributed by atoms with van der Waals surface area (Å²) in [6.45, 7) is 0.389. The van der Waals surface area contributed by atoms with Gasteiger partial charge in [-0.1, -0.05) is 12.1 Å². The summed E-state index contributed by atoms with van der Waals surface area (Å²) in [5.74, 6) is 1.33. The van der Waals surface area contributed by atoms with Gasteiger partial charge < -0.3 is 14.7 Å². The van der Waals surface area contributed by atoms with Crippen LogP contribution < -0.4 is 5.32 Å². The van der Waals surface area contributed by atoms with Gasteiger partial charge in [0.1, 0.15) is 23.2 Å². The van der Waals surface area contributed by atoms with Crippen molar-refractivity contribution in [2.24, 2.45) is 5.92 Å². The van der Waals surface area contributed by atoms with E-state index in [2.05, 4.69) is 32.0 Å². The smallest absolute Gasteiger partial charge is 0.139 e. The summed E-state index contributed by atoms with van der Waals surface area (Å²) in [4.78, 5) is 12.6. The topological polar surface area (TPSA) is 126 Å². The number of hydrogen-bond acceptors (Lipinski definition) is 6. The highest BCUT2D eigenvalue weighted by Gasteiger charge is 2.27. The van der Waals surface area contributed by atoms with Crippen molar-refractivity contribution >= 4 is 22.1 Å². The van der Waals surface area contributed by atoms with E-state index in [0.717, 1.165) is 53.6 Å². The second kappa shape index (κ2) is 9.03. The minimum Gasteiger partial charge on any atom is -0.374 e. The van der Waals surface area contributed by atoms with Gasteiger partial charge in [0.15, 0.2) is 0 Å². The van der Waals surface area contributed by atoms with E-state index in [-0.39, 0.29) is 6.04 Å². The van der Waals surface area contributed by atoms with E-state index in [4.69, 9.17) is 15.5 Å². The lowest BCUT2D eigenvalue weighted by Gasteiger charge is -2.30. The number of nitrogens with zero attached hydrogens (tertiary/aromatic N) is 5. The van der Waals surface area contributed by atoms with Crippen LogP contribution in [-0.4, -0.2) is 24.6 Å². The molecule has 1 fully saturated rings. The molecule has 166 valence electrons. The summed E-state index contributed by atoms with van der Waals surface area (Å²) in [5, 5.41) is 33.0. The van der Waals surface area contributed by atoms with Crippen molar-refractivity contribution < 1.29 is 5.11 Å². The number of benzene rings is 1. The number of nitriles is 2. The van der Waals surface area contributed by atoms with Crippen LogP contribution in [0.2, 0.25) is 0 Å². The highest BCUT2D eigenvalue weighted by molar-refractivity contribution is 6.01. The molecular weight excluding hydrogens is 414 g/mol. The van der Waals surface area contributed by atoms with E-state index in [0.29, 0.717) is 30.0 Å². The minimum absolute atomic E-state index is 0.286. The first-order chi connectivity index (χ1) is 16.2. The van der Waals surface area contributed by atoms with Crippen LogP contribution in [0.15, 0.2) is 42.7 Å². The number of aromatic amines is 1. The SMILES string of the molecule is N#CCC1CCC(n2c(CNC(O)c3ccc(C#N)cc3)nc3cnc4[nH]ccc4c32)CC1. The van der Waals surface area contributed by atoms with Crippen LogP contribution in [0.4, 0.5) is 0 Å². The standard InChI is InChI=1S/C25H25N7O/c26-11-9-16-3-7-19(8-4-16)32-22(15-30-25(33)18-5-1-17(13-27)2-6-18)31-21-14-29-24-20(23(21)32)10-12-28-24/h1-2,5-6,10,12,14,16,19,25,30,33H,3-4,7-9,15H2,(H,28,29). The van der Waals surface area contributed by atoms with Crippen molar-refractivity contribution in [1.29, 1.82) is 10.5 Å². The fourth-order valence-corrected chi connectivity index (χ4v) is 4.94. The summed E-state index contributed by atoms with van der Waals surface area (Å²) < 4.78 is 2.31. The summed E-state index contributed by atoms with van der Waals surface area (Å²) in [7, 11) is 0. The Kier molecular flexibility index (Phi) is 5.78. The second-order valence-electron chi connectivity index (χ2n) is 8.68. The van der Waals surface area contributed by atoms with Crippen molar-refractivity contribution in [3.63, 3.8) is 0 Å². The number of pyridine rings is 1. The van der Waals surface area contributed by atoms with Crippen LogP contribution in [0.3, 0.4) is 0 Å². The first-order valence-electron chi connectivity index (χ1n) is 11.3. The van der Waals surface area contributed by atoms with Gasteiger partial charge >= 0.3 is 0 Å². The molecule has 5 rings (SSSR count). The van der Waals surface area contributed by atoms with Gasteiger partial charge in [0, 0.05) is 24.0 Å². The molecule has 1 atom stereocenters. The first-order valence-corrected chi connectivity index (χ1v) is 11.3. The van der Waals surface area contributed by atoms with Crippen molar-refractivity contribution in [2.45, 2.75) is 50.9 Å². The molecular formula is C25H25N7O. The molecule has 0 radical (unpaired) electrons. The van der Waals surface area contributed by atoms with Crippen molar-refractivity contribution in [3.8, 4) is 12.1 Å². The zero-order valence-corrected chi connectivity index (χ0v) is 18.2. The average molecular weight is 440 g/mol. The van der Waals surface area contributed by atoms with Crippen LogP contribution in [-0.2, 0) is 6.54 Å². The van der Waals surface area contributed by atoms with Gasteiger partial charge in [-0.3, -0.25) is 5.32 Å². The molecule has 3 N–H and O–H groups in total. The Labute approximate surface area is 191 Å². The number of hydrogen-bond donors (Lipinski definition) is 3. The van der Waals surface area contributed by atoms with Crippen LogP contribution in [0.25, 0.3) is 22.1 Å². The number of aliphatic hydroxyl groups excluding tert-OH is 1. The summed E-state index contributed by atoms with van der Waals surface area (Å²) in [6.07, 6.45) is 7.49. The molecule has 0 bridgehead atoms. The molecule has 1 aromatic carbocycles. The molecule has 1 aliphatic rings. The van der Waals surface area contributed by atoms with E-state index < -0.39 is 6.23 Å². The Morgan fingerprint density at radius 2 is 1.94 bits per heavy atom. The van der Waals surface area contributed by atoms with E-state index in [9.17, 15) is 5.11 Å². The number of rotatable bonds is 6. The Morgan fingerprint density at radius 3 is 2.67 bits per heavy atom. The van der Waals surface area contributed by atoms with E-state index in [1.165, 1.54) is 0 Å². The third-order valence-electron chi connectivity index (χ3n) is 6.68. The summed E-state index contributed by atoms with van der Waals surface area (Å²) in [6, 6.07) is 13.6. The Hall–Kier alpha value is -3.72. The van der Waals surface area contributed by atoms with Crippen LogP contribution in [0, 0.1) is 28.6 Å². The maximum atomic E-state index is 10.7. The normalized spacial score (nSPS) is 19.4. The molecule has 4 aromatic rings. The van der Waals surface area contributed by atoms with Gasteiger partial charge in [-0.05, 0) is 55.4 Å². The fraction of sp³-hybridized carbons (Fsp3) is 0.360. The van der Waals surface area contributed by atoms with E-state index >= 15 is 0 Å². The number of imidazole rings is 1. The van der Waals surface area contributed by atoms with Gasteiger partial charge in [0.2, 0.25) is 0 Å². The van der Waals surface area contributed by atoms with E-state index in [1.807, 2.05) is 12.3 Å². The summed E-state index contributed by atoms with van der Waals surface area (Å²) in [5.41, 5.74) is 3.99. The molecule has 8 nitrogen and oxygen atoms in total. The quantitative estimate of drug-likeness (QED) is 0.386. The minimum atomic E-state index is -0.872. The highest BCUT2D eigenvalue weighted by atomic mass is 16.3. The second-order valence-corrected chi connectivity index (χ2v) is 8.68. The Bertz CT molecular complexity index is 1350. The lowest BCUT2D eigenvalue weighted by atomic mass is 9.84. The first kappa shape index (κ1) is 21.1. The molecule has 0 amide bonds. The molecule has 1 saturated carbocycles. The largest absolute Gasteiger partial charge is 0.374 e. The number of fused-ring (bicyclic) bond motifs is 3. The zero-order chi connectivity index (χ0) is 22.8. The summed E-state index contributed by atoms with van der Waals surface area (Å²) >= 11 is 0. The number of nitrogens with one attached hydrogen (secondary N) is 2. The van der Waals surface area contributed by atoms with Gasteiger partial charge in [-0.15, -0.1) is 0 Å². The molecule has 3 heterocycles. The predicted molar refractivity (Wildman–Crippen MR) is 124 cm³/mol. The predicted octanol–water partition coefficient (Wildman–Crippen LogP) is 4.21. The highest BCUT2D eigenvalue weighted by Crippen LogP contribution is 2.38. The number of aliphatic hydroxyl groups is 1. The molecule has 1 aliphatic carbocycles. The molecule has 0 saturated heterocycles. The fourth-order valence-electron chi connectivity index (χ4n) is 4.94. The molecule has 8 heteroatoms. The third kappa shape index (κ3) is 4.07.